The molecule has 1 aliphatic heterocycles. The number of hydrogen-bond donors (Lipinski definition) is 4. The maximum atomic E-state index is 15.7. The molecule has 0 spiro atoms. The van der Waals surface area contributed by atoms with Crippen LogP contribution in [0.15, 0.2) is 42.1 Å². The van der Waals surface area contributed by atoms with Crippen molar-refractivity contribution < 1.29 is 23.8 Å². The minimum absolute atomic E-state index is 0.0427. The average molecular weight is 443 g/mol. The summed E-state index contributed by atoms with van der Waals surface area (Å²) in [5.41, 5.74) is 5.72. The van der Waals surface area contributed by atoms with Crippen LogP contribution >= 0.6 is 0 Å². The molecule has 2 aromatic rings. The summed E-state index contributed by atoms with van der Waals surface area (Å²) in [6, 6.07) is 9.65. The Bertz CT molecular complexity index is 1040. The van der Waals surface area contributed by atoms with Gasteiger partial charge in [0.2, 0.25) is 0 Å². The van der Waals surface area contributed by atoms with Gasteiger partial charge in [0.25, 0.3) is 0 Å². The first-order valence-corrected chi connectivity index (χ1v) is 10.9. The van der Waals surface area contributed by atoms with Crippen LogP contribution in [-0.2, 0) is 11.2 Å². The Morgan fingerprint density at radius 1 is 1.16 bits per heavy atom. The van der Waals surface area contributed by atoms with Crippen molar-refractivity contribution in [3.05, 3.63) is 64.9 Å². The van der Waals surface area contributed by atoms with Crippen molar-refractivity contribution in [2.24, 2.45) is 0 Å². The fourth-order valence-electron chi connectivity index (χ4n) is 4.63. The number of aliphatic hydroxyl groups excluding tert-OH is 1. The van der Waals surface area contributed by atoms with Gasteiger partial charge in [-0.05, 0) is 31.2 Å². The molecule has 1 aliphatic carbocycles. The van der Waals surface area contributed by atoms with Gasteiger partial charge in [-0.15, -0.1) is 0 Å². The molecule has 1 unspecified atom stereocenters. The van der Waals surface area contributed by atoms with Crippen molar-refractivity contribution in [2.45, 2.75) is 50.7 Å². The van der Waals surface area contributed by atoms with E-state index in [9.17, 15) is 15.0 Å². The molecule has 1 saturated carbocycles. The zero-order chi connectivity index (χ0) is 22.8. The summed E-state index contributed by atoms with van der Waals surface area (Å²) in [7, 11) is 0. The molecule has 1 heterocycles. The molecule has 8 heteroatoms. The summed E-state index contributed by atoms with van der Waals surface area (Å²) < 4.78 is 30.7. The van der Waals surface area contributed by atoms with E-state index in [1.54, 1.807) is 0 Å². The zero-order valence-corrected chi connectivity index (χ0v) is 17.7. The van der Waals surface area contributed by atoms with Crippen molar-refractivity contribution in [1.29, 1.82) is 0 Å². The third kappa shape index (κ3) is 4.02. The number of carboxylic acids is 1. The van der Waals surface area contributed by atoms with Crippen LogP contribution in [-0.4, -0.2) is 28.8 Å². The monoisotopic (exact) mass is 443 g/mol. The molecular formula is C24H27F2N3O3. The molecular weight excluding hydrogens is 416 g/mol. The lowest BCUT2D eigenvalue weighted by Crippen LogP contribution is -2.36. The van der Waals surface area contributed by atoms with Gasteiger partial charge >= 0.3 is 5.97 Å². The highest BCUT2D eigenvalue weighted by Gasteiger charge is 2.39. The number of aliphatic hydroxyl groups is 1. The normalized spacial score (nSPS) is 18.4. The second kappa shape index (κ2) is 9.16. The first-order valence-electron chi connectivity index (χ1n) is 10.9. The number of nitrogens with zero attached hydrogens (tertiary/aromatic N) is 1. The summed E-state index contributed by atoms with van der Waals surface area (Å²) in [5, 5.41) is 23.0. The smallest absolute Gasteiger partial charge is 0.336 e. The maximum Gasteiger partial charge on any atom is 0.336 e. The van der Waals surface area contributed by atoms with E-state index in [4.69, 9.17) is 5.73 Å². The van der Waals surface area contributed by atoms with Crippen LogP contribution in [0, 0.1) is 11.6 Å². The second-order valence-electron chi connectivity index (χ2n) is 8.33. The van der Waals surface area contributed by atoms with E-state index in [0.717, 1.165) is 37.7 Å². The number of benzene rings is 2. The van der Waals surface area contributed by atoms with E-state index in [1.165, 1.54) is 11.1 Å². The van der Waals surface area contributed by atoms with E-state index in [-0.39, 0.29) is 28.6 Å². The van der Waals surface area contributed by atoms with Crippen LogP contribution in [0.3, 0.4) is 0 Å². The number of carbonyl (C=O) groups is 1. The summed E-state index contributed by atoms with van der Waals surface area (Å²) in [5.74, 6) is -3.23. The molecule has 170 valence electrons. The van der Waals surface area contributed by atoms with Gasteiger partial charge in [0.1, 0.15) is 11.8 Å². The summed E-state index contributed by atoms with van der Waals surface area (Å²) >= 11 is 0. The summed E-state index contributed by atoms with van der Waals surface area (Å²) in [4.78, 5) is 13.2. The number of aryl methyl sites for hydroxylation is 1. The van der Waals surface area contributed by atoms with Gasteiger partial charge in [-0.1, -0.05) is 43.2 Å². The van der Waals surface area contributed by atoms with Gasteiger partial charge in [0.15, 0.2) is 11.6 Å². The topological polar surface area (TPSA) is 98.8 Å². The molecule has 0 saturated heterocycles. The largest absolute Gasteiger partial charge is 0.478 e. The van der Waals surface area contributed by atoms with Crippen molar-refractivity contribution in [3.8, 4) is 0 Å². The van der Waals surface area contributed by atoms with Crippen molar-refractivity contribution in [1.82, 2.24) is 0 Å². The van der Waals surface area contributed by atoms with Crippen molar-refractivity contribution in [2.75, 3.05) is 22.5 Å². The molecule has 5 N–H and O–H groups in total. The molecule has 0 amide bonds. The molecule has 32 heavy (non-hydrogen) atoms. The summed E-state index contributed by atoms with van der Waals surface area (Å²) in [6.45, 7) is 0.323. The standard InChI is InChI=1S/C24H27F2N3O3/c25-18-20(27)17-22(19(26)21(18)28-12-6-9-14-7-2-1-3-8-14)29(15-10-4-5-11-15)13-16(23(17)30)24(31)32/h1-3,7-8,13,15,23,28,30H,4-6,9-12,27H2,(H,31,32). The van der Waals surface area contributed by atoms with Gasteiger partial charge in [0.05, 0.1) is 16.9 Å². The lowest BCUT2D eigenvalue weighted by molar-refractivity contribution is -0.133. The first-order chi connectivity index (χ1) is 15.4. The molecule has 0 aromatic heterocycles. The Morgan fingerprint density at radius 2 is 1.84 bits per heavy atom. The Labute approximate surface area is 185 Å². The number of carboxylic acid groups (broad SMARTS) is 1. The summed E-state index contributed by atoms with van der Waals surface area (Å²) in [6.07, 6.45) is 4.30. The van der Waals surface area contributed by atoms with Crippen LogP contribution in [0.25, 0.3) is 0 Å². The number of anilines is 3. The van der Waals surface area contributed by atoms with Crippen LogP contribution in [0.2, 0.25) is 0 Å². The third-order valence-electron chi connectivity index (χ3n) is 6.28. The highest BCUT2D eigenvalue weighted by atomic mass is 19.1. The van der Waals surface area contributed by atoms with Gasteiger partial charge in [-0.3, -0.25) is 0 Å². The van der Waals surface area contributed by atoms with Crippen LogP contribution in [0.5, 0.6) is 0 Å². The lowest BCUT2D eigenvalue weighted by atomic mass is 9.92. The Kier molecular flexibility index (Phi) is 6.32. The predicted molar refractivity (Wildman–Crippen MR) is 119 cm³/mol. The highest BCUT2D eigenvalue weighted by molar-refractivity contribution is 5.92. The second-order valence-corrected chi connectivity index (χ2v) is 8.33. The lowest BCUT2D eigenvalue weighted by Gasteiger charge is -2.37. The predicted octanol–water partition coefficient (Wildman–Crippen LogP) is 4.36. The minimum atomic E-state index is -1.71. The molecule has 0 radical (unpaired) electrons. The minimum Gasteiger partial charge on any atom is -0.478 e. The number of aliphatic carboxylic acids is 1. The van der Waals surface area contributed by atoms with E-state index in [0.29, 0.717) is 13.0 Å². The number of halogens is 2. The van der Waals surface area contributed by atoms with E-state index < -0.39 is 29.4 Å². The van der Waals surface area contributed by atoms with Crippen LogP contribution < -0.4 is 16.0 Å². The highest BCUT2D eigenvalue weighted by Crippen LogP contribution is 2.48. The number of nitrogen functional groups attached to an aromatic ring is 1. The Balaban J connectivity index is 1.66. The first kappa shape index (κ1) is 22.1. The fourth-order valence-corrected chi connectivity index (χ4v) is 4.63. The molecule has 0 bridgehead atoms. The molecule has 2 aliphatic rings. The van der Waals surface area contributed by atoms with Crippen LogP contribution in [0.4, 0.5) is 25.8 Å². The third-order valence-corrected chi connectivity index (χ3v) is 6.28. The van der Waals surface area contributed by atoms with Gasteiger partial charge in [-0.25, -0.2) is 13.6 Å². The Hall–Kier alpha value is -3.13. The average Bonchev–Trinajstić information content (AvgIpc) is 3.32. The molecule has 6 nitrogen and oxygen atoms in total. The van der Waals surface area contributed by atoms with E-state index in [1.807, 2.05) is 30.3 Å². The molecule has 4 rings (SSSR count). The molecule has 2 aromatic carbocycles. The number of nitrogens with two attached hydrogens (primary N) is 1. The van der Waals surface area contributed by atoms with Gasteiger partial charge < -0.3 is 26.2 Å². The maximum absolute atomic E-state index is 15.7. The van der Waals surface area contributed by atoms with Crippen molar-refractivity contribution >= 4 is 23.0 Å². The molecule has 1 fully saturated rings. The SMILES string of the molecule is Nc1c(F)c(NCCCc2ccccc2)c(F)c2c1C(O)C(C(=O)O)=CN2C1CCCC1. The van der Waals surface area contributed by atoms with E-state index in [2.05, 4.69) is 5.32 Å². The number of hydrogen-bond acceptors (Lipinski definition) is 5. The Morgan fingerprint density at radius 3 is 2.50 bits per heavy atom. The quantitative estimate of drug-likeness (QED) is 0.375. The number of nitrogens with one attached hydrogen (secondary N) is 1. The van der Waals surface area contributed by atoms with E-state index >= 15 is 8.78 Å². The number of rotatable bonds is 7. The van der Waals surface area contributed by atoms with Gasteiger partial charge in [0, 0.05) is 24.4 Å². The zero-order valence-electron chi connectivity index (χ0n) is 17.7. The van der Waals surface area contributed by atoms with Crippen LogP contribution in [0.1, 0.15) is 49.3 Å². The fraction of sp³-hybridized carbons (Fsp3) is 0.375. The van der Waals surface area contributed by atoms with Gasteiger partial charge in [-0.2, -0.15) is 0 Å². The van der Waals surface area contributed by atoms with Crippen molar-refractivity contribution in [3.63, 3.8) is 0 Å². The number of fused-ring (bicyclic) bond motifs is 1. The molecule has 1 atom stereocenters.